The van der Waals surface area contributed by atoms with Gasteiger partial charge in [0.15, 0.2) is 22.7 Å². The lowest BCUT2D eigenvalue weighted by molar-refractivity contribution is -0.124. The van der Waals surface area contributed by atoms with E-state index in [0.29, 0.717) is 60.7 Å². The quantitative estimate of drug-likeness (QED) is 0.114. The van der Waals surface area contributed by atoms with Gasteiger partial charge < -0.3 is 24.6 Å². The standard InChI is InChI=1S/C29H31N5O5S.C29H29N5O4S/c1-20-8-10-23(11-9-20)40(37,38)34-15-13-25-28(34)31-17-27(32-25)30-16-26(35)24-18-33(14-12-21(24)2)29(36)39-19-22-6-4-3-5-7-22;1-20-8-10-23(11-9-20)39(36,37)33-15-13-25-28(33)31-17-27-30-16-26(34(25)27)24-18-32(14-12-21(24)2)29(35)38-19-22-6-4-3-5-7-22/h3-11,13,15,17,21,24H,12,14,16,18-19H2,1-2H3,(H,30,32);3-11,13,15-17,21,24H,12,14,18-19H2,1-2H3. The first-order chi connectivity index (χ1) is 38.0. The topological polar surface area (TPSA) is 222 Å². The molecule has 0 aliphatic carbocycles. The molecule has 4 aromatic carbocycles. The van der Waals surface area contributed by atoms with Gasteiger partial charge in [-0.3, -0.25) is 9.20 Å². The van der Waals surface area contributed by atoms with Gasteiger partial charge in [0.1, 0.15) is 24.5 Å². The van der Waals surface area contributed by atoms with Gasteiger partial charge in [0, 0.05) is 62.3 Å². The largest absolute Gasteiger partial charge is 0.445 e. The van der Waals surface area contributed by atoms with Gasteiger partial charge in [-0.1, -0.05) is 110 Å². The highest BCUT2D eigenvalue weighted by molar-refractivity contribution is 7.90. The van der Waals surface area contributed by atoms with Crippen molar-refractivity contribution in [3.8, 4) is 0 Å². The molecule has 21 heteroatoms. The Kier molecular flexibility index (Phi) is 15.6. The molecule has 2 saturated heterocycles. The van der Waals surface area contributed by atoms with Crippen molar-refractivity contribution in [2.24, 2.45) is 17.8 Å². The summed E-state index contributed by atoms with van der Waals surface area (Å²) in [6.45, 7) is 10.3. The van der Waals surface area contributed by atoms with Crippen LogP contribution in [0.15, 0.2) is 162 Å². The SMILES string of the molecule is Cc1ccc(S(=O)(=O)n2ccc3c2ncc2ncc(C4CN(C(=O)OCc5ccccc5)CCC4C)n23)cc1.Cc1ccc(S(=O)(=O)n2ccc3nc(NCC(=O)C4CN(C(=O)OCc5ccccc5)CCC4C)cnc32)cc1. The number of Topliss-reactive ketones (excluding diaryl/α,β-unsaturated/α-hetero) is 1. The average Bonchev–Trinajstić information content (AvgIpc) is 4.44. The van der Waals surface area contributed by atoms with E-state index < -0.39 is 26.1 Å². The number of nitrogens with zero attached hydrogens (tertiary/aromatic N) is 9. The smallest absolute Gasteiger partial charge is 0.410 e. The molecule has 2 aliphatic rings. The summed E-state index contributed by atoms with van der Waals surface area (Å²) < 4.78 is 68.5. The van der Waals surface area contributed by atoms with Crippen LogP contribution in [-0.2, 0) is 47.5 Å². The summed E-state index contributed by atoms with van der Waals surface area (Å²) in [5.41, 5.74) is 6.86. The van der Waals surface area contributed by atoms with Gasteiger partial charge in [-0.2, -0.15) is 0 Å². The molecule has 79 heavy (non-hydrogen) atoms. The molecule has 0 radical (unpaired) electrons. The number of rotatable bonds is 13. The van der Waals surface area contributed by atoms with E-state index in [2.05, 4.69) is 32.2 Å². The molecule has 0 saturated carbocycles. The van der Waals surface area contributed by atoms with Gasteiger partial charge in [-0.15, -0.1) is 0 Å². The number of carbonyl (C=O) groups is 3. The second-order valence-corrected chi connectivity index (χ2v) is 23.8. The van der Waals surface area contributed by atoms with Crippen molar-refractivity contribution in [2.75, 3.05) is 38.0 Å². The maximum Gasteiger partial charge on any atom is 0.410 e. The zero-order valence-corrected chi connectivity index (χ0v) is 45.8. The third-order valence-electron chi connectivity index (χ3n) is 14.8. The number of carbonyl (C=O) groups excluding carboxylic acids is 3. The van der Waals surface area contributed by atoms with Gasteiger partial charge in [0.05, 0.1) is 34.2 Å². The Morgan fingerprint density at radius 1 is 0.608 bits per heavy atom. The van der Waals surface area contributed by atoms with Crippen LogP contribution in [0.2, 0.25) is 0 Å². The monoisotopic (exact) mass is 1100 g/mol. The highest BCUT2D eigenvalue weighted by Crippen LogP contribution is 2.35. The number of imidazole rings is 1. The van der Waals surface area contributed by atoms with E-state index in [-0.39, 0.29) is 70.7 Å². The average molecular weight is 1110 g/mol. The minimum atomic E-state index is -3.84. The van der Waals surface area contributed by atoms with Crippen LogP contribution in [0.4, 0.5) is 15.4 Å². The molecule has 4 unspecified atom stereocenters. The number of aryl methyl sites for hydroxylation is 2. The van der Waals surface area contributed by atoms with Gasteiger partial charge in [-0.05, 0) is 86.1 Å². The summed E-state index contributed by atoms with van der Waals surface area (Å²) in [7, 11) is -7.67. The lowest BCUT2D eigenvalue weighted by Crippen LogP contribution is -2.47. The van der Waals surface area contributed by atoms with Crippen molar-refractivity contribution >= 4 is 71.8 Å². The maximum absolute atomic E-state index is 13.5. The fraction of sp³-hybridized carbons (Fsp3) is 0.293. The fourth-order valence-electron chi connectivity index (χ4n) is 10.0. The van der Waals surface area contributed by atoms with Crippen LogP contribution in [0.25, 0.3) is 28.0 Å². The first-order valence-corrected chi connectivity index (χ1v) is 28.9. The highest BCUT2D eigenvalue weighted by atomic mass is 32.2. The highest BCUT2D eigenvalue weighted by Gasteiger charge is 2.35. The summed E-state index contributed by atoms with van der Waals surface area (Å²) in [5.74, 6) is 0.346. The third-order valence-corrected chi connectivity index (χ3v) is 18.1. The summed E-state index contributed by atoms with van der Waals surface area (Å²) >= 11 is 0. The number of amides is 2. The second kappa shape index (κ2) is 22.9. The number of benzene rings is 4. The van der Waals surface area contributed by atoms with E-state index >= 15 is 0 Å². The predicted molar refractivity (Wildman–Crippen MR) is 297 cm³/mol. The molecule has 0 bridgehead atoms. The molecule has 9 aromatic rings. The van der Waals surface area contributed by atoms with Gasteiger partial charge in [-0.25, -0.2) is 54.3 Å². The molecule has 7 heterocycles. The Labute approximate surface area is 458 Å². The van der Waals surface area contributed by atoms with E-state index in [1.54, 1.807) is 76.7 Å². The molecular formula is C58H60N10O9S2. The lowest BCUT2D eigenvalue weighted by atomic mass is 9.84. The minimum absolute atomic E-state index is 0.00443. The number of anilines is 1. The normalized spacial score (nSPS) is 17.8. The van der Waals surface area contributed by atoms with Gasteiger partial charge in [0.25, 0.3) is 20.0 Å². The van der Waals surface area contributed by atoms with E-state index in [4.69, 9.17) is 9.47 Å². The number of hydrogen-bond donors (Lipinski definition) is 1. The van der Waals surface area contributed by atoms with E-state index in [9.17, 15) is 31.2 Å². The van der Waals surface area contributed by atoms with Crippen molar-refractivity contribution in [1.82, 2.24) is 42.1 Å². The zero-order valence-electron chi connectivity index (χ0n) is 44.1. The molecule has 19 nitrogen and oxygen atoms in total. The zero-order chi connectivity index (χ0) is 55.4. The molecule has 2 fully saturated rings. The van der Waals surface area contributed by atoms with Crippen LogP contribution >= 0.6 is 0 Å². The number of ether oxygens (including phenoxy) is 2. The van der Waals surface area contributed by atoms with Crippen LogP contribution in [0, 0.1) is 31.6 Å². The predicted octanol–water partition coefficient (Wildman–Crippen LogP) is 9.24. The van der Waals surface area contributed by atoms with E-state index in [1.165, 1.54) is 22.6 Å². The molecule has 1 N–H and O–H groups in total. The summed E-state index contributed by atoms with van der Waals surface area (Å²) in [6, 6.07) is 35.8. The maximum atomic E-state index is 13.5. The minimum Gasteiger partial charge on any atom is -0.445 e. The van der Waals surface area contributed by atoms with Crippen LogP contribution in [0.3, 0.4) is 0 Å². The van der Waals surface area contributed by atoms with E-state index in [0.717, 1.165) is 38.3 Å². The summed E-state index contributed by atoms with van der Waals surface area (Å²) in [4.78, 5) is 60.2. The Morgan fingerprint density at radius 3 is 1.73 bits per heavy atom. The molecule has 0 spiro atoms. The van der Waals surface area contributed by atoms with Crippen molar-refractivity contribution in [2.45, 2.75) is 69.5 Å². The molecule has 11 rings (SSSR count). The Balaban J connectivity index is 0.000000178. The number of likely N-dealkylation sites (tertiary alicyclic amines) is 2. The van der Waals surface area contributed by atoms with Crippen molar-refractivity contribution in [1.29, 1.82) is 0 Å². The molecule has 5 aromatic heterocycles. The summed E-state index contributed by atoms with van der Waals surface area (Å²) in [6.07, 6.45) is 8.51. The molecule has 408 valence electrons. The first kappa shape index (κ1) is 53.9. The molecule has 2 aliphatic heterocycles. The Morgan fingerprint density at radius 2 is 1.14 bits per heavy atom. The number of nitrogens with one attached hydrogen (secondary N) is 1. The Hall–Kier alpha value is -8.43. The lowest BCUT2D eigenvalue weighted by Gasteiger charge is -2.36. The molecular weight excluding hydrogens is 1040 g/mol. The van der Waals surface area contributed by atoms with E-state index in [1.807, 2.05) is 92.0 Å². The van der Waals surface area contributed by atoms with Crippen LogP contribution in [0.5, 0.6) is 0 Å². The molecule has 2 amide bonds. The third kappa shape index (κ3) is 11.6. The first-order valence-electron chi connectivity index (χ1n) is 26.0. The van der Waals surface area contributed by atoms with Gasteiger partial charge in [0.2, 0.25) is 0 Å². The Bertz CT molecular complexity index is 3890. The van der Waals surface area contributed by atoms with Crippen LogP contribution in [-0.4, -0.2) is 110 Å². The number of piperidine rings is 2. The van der Waals surface area contributed by atoms with Crippen molar-refractivity contribution < 1.29 is 40.7 Å². The van der Waals surface area contributed by atoms with Crippen LogP contribution < -0.4 is 5.32 Å². The number of fused-ring (bicyclic) bond motifs is 4. The number of aromatic nitrogens is 7. The summed E-state index contributed by atoms with van der Waals surface area (Å²) in [5, 5.41) is 3.01. The number of hydrogen-bond acceptors (Lipinski definition) is 14. The van der Waals surface area contributed by atoms with Gasteiger partial charge >= 0.3 is 12.2 Å². The van der Waals surface area contributed by atoms with Crippen molar-refractivity contribution in [3.63, 3.8) is 0 Å². The fourth-order valence-corrected chi connectivity index (χ4v) is 12.6. The van der Waals surface area contributed by atoms with Crippen molar-refractivity contribution in [3.05, 3.63) is 180 Å². The number of ketones is 1. The second-order valence-electron chi connectivity index (χ2n) is 20.2. The van der Waals surface area contributed by atoms with Crippen LogP contribution in [0.1, 0.15) is 60.6 Å². The molecule has 4 atom stereocenters.